The van der Waals surface area contributed by atoms with Crippen LogP contribution in [0, 0.1) is 17.5 Å². The molecule has 7 heteroatoms. The third-order valence-electron chi connectivity index (χ3n) is 4.73. The van der Waals surface area contributed by atoms with E-state index in [-0.39, 0.29) is 24.3 Å². The summed E-state index contributed by atoms with van der Waals surface area (Å²) in [6.45, 7) is 5.75. The Morgan fingerprint density at radius 1 is 0.862 bits per heavy atom. The normalized spacial score (nSPS) is 12.4. The van der Waals surface area contributed by atoms with E-state index in [4.69, 9.17) is 4.74 Å². The van der Waals surface area contributed by atoms with Crippen LogP contribution < -0.4 is 9.47 Å². The fourth-order valence-corrected chi connectivity index (χ4v) is 3.01. The van der Waals surface area contributed by atoms with E-state index in [9.17, 15) is 22.0 Å². The first-order valence-corrected chi connectivity index (χ1v) is 9.19. The smallest absolute Gasteiger partial charge is 0.387 e. The predicted octanol–water partition coefficient (Wildman–Crippen LogP) is 6.75. The monoisotopic (exact) mass is 416 g/mol. The highest BCUT2D eigenvalue weighted by Crippen LogP contribution is 2.34. The number of alkyl halides is 2. The van der Waals surface area contributed by atoms with Crippen molar-refractivity contribution in [2.75, 3.05) is 6.61 Å². The summed E-state index contributed by atoms with van der Waals surface area (Å²) >= 11 is 0. The second-order valence-electron chi connectivity index (χ2n) is 8.49. The Labute approximate surface area is 167 Å². The zero-order valence-corrected chi connectivity index (χ0v) is 17.1. The standard InChI is InChI=1S/C22H25F5O2/c1-21(2,3)15-8-9-16(23)19(18(15)25)28-11-10-22(4,5)14-7-6-13(12-17(14)24)29-20(26)27/h6-9,12,20H,10-11H2,1-5H3. The van der Waals surface area contributed by atoms with E-state index in [1.54, 1.807) is 34.6 Å². The lowest BCUT2D eigenvalue weighted by Gasteiger charge is -2.26. The molecule has 0 atom stereocenters. The van der Waals surface area contributed by atoms with Crippen LogP contribution in [0.3, 0.4) is 0 Å². The van der Waals surface area contributed by atoms with E-state index < -0.39 is 40.6 Å². The first kappa shape index (κ1) is 23.0. The Kier molecular flexibility index (Phi) is 6.81. The summed E-state index contributed by atoms with van der Waals surface area (Å²) in [7, 11) is 0. The highest BCUT2D eigenvalue weighted by molar-refractivity contribution is 5.37. The summed E-state index contributed by atoms with van der Waals surface area (Å²) < 4.78 is 77.2. The number of halogens is 5. The van der Waals surface area contributed by atoms with Crippen LogP contribution in [0.15, 0.2) is 30.3 Å². The van der Waals surface area contributed by atoms with E-state index in [2.05, 4.69) is 4.74 Å². The van der Waals surface area contributed by atoms with Crippen LogP contribution in [0.1, 0.15) is 52.2 Å². The fourth-order valence-electron chi connectivity index (χ4n) is 3.01. The molecule has 0 aliphatic rings. The van der Waals surface area contributed by atoms with Crippen molar-refractivity contribution in [1.82, 2.24) is 0 Å². The molecule has 0 radical (unpaired) electrons. The highest BCUT2D eigenvalue weighted by Gasteiger charge is 2.27. The summed E-state index contributed by atoms with van der Waals surface area (Å²) in [5.41, 5.74) is -0.719. The Hall–Kier alpha value is -2.31. The second kappa shape index (κ2) is 8.59. The molecule has 29 heavy (non-hydrogen) atoms. The van der Waals surface area contributed by atoms with Crippen LogP contribution in [0.5, 0.6) is 11.5 Å². The molecule has 160 valence electrons. The molecular weight excluding hydrogens is 391 g/mol. The number of hydrogen-bond acceptors (Lipinski definition) is 2. The Morgan fingerprint density at radius 2 is 1.48 bits per heavy atom. The summed E-state index contributed by atoms with van der Waals surface area (Å²) in [6.07, 6.45) is 0.234. The van der Waals surface area contributed by atoms with E-state index in [0.717, 1.165) is 12.1 Å². The minimum absolute atomic E-state index is 0.0663. The number of ether oxygens (including phenoxy) is 2. The number of rotatable bonds is 7. The lowest BCUT2D eigenvalue weighted by molar-refractivity contribution is -0.0500. The molecule has 2 aromatic carbocycles. The van der Waals surface area contributed by atoms with E-state index >= 15 is 0 Å². The lowest BCUT2D eigenvalue weighted by atomic mass is 9.81. The largest absolute Gasteiger partial charge is 0.488 e. The maximum atomic E-state index is 14.7. The average Bonchev–Trinajstić information content (AvgIpc) is 2.55. The molecule has 0 aliphatic heterocycles. The minimum Gasteiger partial charge on any atom is -0.488 e. The van der Waals surface area contributed by atoms with Gasteiger partial charge >= 0.3 is 6.61 Å². The molecule has 0 heterocycles. The van der Waals surface area contributed by atoms with Crippen molar-refractivity contribution in [3.8, 4) is 11.5 Å². The van der Waals surface area contributed by atoms with Gasteiger partial charge in [0, 0.05) is 6.07 Å². The second-order valence-corrected chi connectivity index (χ2v) is 8.49. The molecule has 0 fully saturated rings. The van der Waals surface area contributed by atoms with Crippen molar-refractivity contribution in [2.45, 2.75) is 58.5 Å². The minimum atomic E-state index is -3.05. The Balaban J connectivity index is 2.14. The van der Waals surface area contributed by atoms with Gasteiger partial charge in [0.1, 0.15) is 11.6 Å². The van der Waals surface area contributed by atoms with Crippen molar-refractivity contribution < 1.29 is 31.4 Å². The third kappa shape index (κ3) is 5.61. The van der Waals surface area contributed by atoms with Gasteiger partial charge in [-0.25, -0.2) is 13.2 Å². The van der Waals surface area contributed by atoms with E-state index in [0.29, 0.717) is 5.56 Å². The summed E-state index contributed by atoms with van der Waals surface area (Å²) in [4.78, 5) is 0. The number of benzene rings is 2. The van der Waals surface area contributed by atoms with Crippen molar-refractivity contribution in [2.24, 2.45) is 0 Å². The summed E-state index contributed by atoms with van der Waals surface area (Å²) in [6, 6.07) is 6.04. The molecule has 2 aromatic rings. The fraction of sp³-hybridized carbons (Fsp3) is 0.455. The van der Waals surface area contributed by atoms with E-state index in [1.807, 2.05) is 0 Å². The quantitative estimate of drug-likeness (QED) is 0.465. The molecular formula is C22H25F5O2. The lowest BCUT2D eigenvalue weighted by Crippen LogP contribution is -2.23. The van der Waals surface area contributed by atoms with Crippen LogP contribution in [-0.4, -0.2) is 13.2 Å². The van der Waals surface area contributed by atoms with Crippen LogP contribution >= 0.6 is 0 Å². The number of hydrogen-bond donors (Lipinski definition) is 0. The van der Waals surface area contributed by atoms with Crippen molar-refractivity contribution in [3.63, 3.8) is 0 Å². The molecule has 2 rings (SSSR count). The molecule has 0 unspecified atom stereocenters. The van der Waals surface area contributed by atoms with Gasteiger partial charge in [-0.05, 0) is 40.5 Å². The zero-order valence-electron chi connectivity index (χ0n) is 17.1. The Morgan fingerprint density at radius 3 is 2.03 bits per heavy atom. The third-order valence-corrected chi connectivity index (χ3v) is 4.73. The molecule has 0 bridgehead atoms. The topological polar surface area (TPSA) is 18.5 Å². The molecule has 0 aliphatic carbocycles. The van der Waals surface area contributed by atoms with Crippen molar-refractivity contribution in [1.29, 1.82) is 0 Å². The maximum absolute atomic E-state index is 14.7. The van der Waals surface area contributed by atoms with Gasteiger partial charge in [-0.1, -0.05) is 46.8 Å². The SMILES string of the molecule is CC(C)(C)c1ccc(F)c(OCCC(C)(C)c2ccc(OC(F)F)cc2F)c1F. The molecule has 0 saturated heterocycles. The van der Waals surface area contributed by atoms with Gasteiger partial charge in [-0.15, -0.1) is 0 Å². The van der Waals surface area contributed by atoms with Crippen LogP contribution in [-0.2, 0) is 10.8 Å². The highest BCUT2D eigenvalue weighted by atomic mass is 19.3. The predicted molar refractivity (Wildman–Crippen MR) is 101 cm³/mol. The zero-order chi connectivity index (χ0) is 22.0. The first-order valence-electron chi connectivity index (χ1n) is 9.19. The van der Waals surface area contributed by atoms with Crippen LogP contribution in [0.25, 0.3) is 0 Å². The van der Waals surface area contributed by atoms with Gasteiger partial charge in [0.15, 0.2) is 17.4 Å². The summed E-state index contributed by atoms with van der Waals surface area (Å²) in [5, 5.41) is 0. The molecule has 0 spiro atoms. The van der Waals surface area contributed by atoms with Crippen LogP contribution in [0.4, 0.5) is 22.0 Å². The molecule has 0 amide bonds. The maximum Gasteiger partial charge on any atom is 0.387 e. The van der Waals surface area contributed by atoms with Crippen molar-refractivity contribution in [3.05, 3.63) is 58.9 Å². The van der Waals surface area contributed by atoms with E-state index in [1.165, 1.54) is 18.2 Å². The van der Waals surface area contributed by atoms with Gasteiger partial charge in [-0.2, -0.15) is 8.78 Å². The average molecular weight is 416 g/mol. The van der Waals surface area contributed by atoms with Gasteiger partial charge < -0.3 is 9.47 Å². The van der Waals surface area contributed by atoms with Gasteiger partial charge in [0.2, 0.25) is 0 Å². The molecule has 0 N–H and O–H groups in total. The molecule has 0 saturated carbocycles. The molecule has 0 aromatic heterocycles. The van der Waals surface area contributed by atoms with Gasteiger partial charge in [0.25, 0.3) is 0 Å². The Bertz CT molecular complexity index is 857. The van der Waals surface area contributed by atoms with Crippen molar-refractivity contribution >= 4 is 0 Å². The van der Waals surface area contributed by atoms with Crippen LogP contribution in [0.2, 0.25) is 0 Å². The summed E-state index contributed by atoms with van der Waals surface area (Å²) in [5.74, 6) is -3.02. The molecule has 2 nitrogen and oxygen atoms in total. The van der Waals surface area contributed by atoms with Gasteiger partial charge in [0.05, 0.1) is 6.61 Å². The first-order chi connectivity index (χ1) is 13.3. The van der Waals surface area contributed by atoms with Gasteiger partial charge in [-0.3, -0.25) is 0 Å².